The molecule has 0 fully saturated rings. The van der Waals surface area contributed by atoms with Crippen LogP contribution in [0.2, 0.25) is 0 Å². The summed E-state index contributed by atoms with van der Waals surface area (Å²) in [5.74, 6) is 0.836. The van der Waals surface area contributed by atoms with E-state index in [2.05, 4.69) is 5.32 Å². The number of rotatable bonds is 6. The van der Waals surface area contributed by atoms with Crippen LogP contribution in [0.1, 0.15) is 5.56 Å². The summed E-state index contributed by atoms with van der Waals surface area (Å²) < 4.78 is 5.26. The summed E-state index contributed by atoms with van der Waals surface area (Å²) in [6.45, 7) is 1.27. The zero-order chi connectivity index (χ0) is 11.1. The predicted octanol–water partition coefficient (Wildman–Crippen LogP) is 0.601. The highest BCUT2D eigenvalue weighted by Gasteiger charge is 2.03. The van der Waals surface area contributed by atoms with E-state index < -0.39 is 0 Å². The van der Waals surface area contributed by atoms with Gasteiger partial charge in [-0.25, -0.2) is 0 Å². The number of hydrogen-bond donors (Lipinski definition) is 3. The molecule has 1 aromatic carbocycles. The van der Waals surface area contributed by atoms with E-state index in [0.29, 0.717) is 13.1 Å². The van der Waals surface area contributed by atoms with Crippen molar-refractivity contribution in [1.29, 1.82) is 0 Å². The molecule has 0 unspecified atom stereocenters. The third-order valence-electron chi connectivity index (χ3n) is 2.14. The van der Waals surface area contributed by atoms with Crippen LogP contribution in [0.5, 0.6) is 5.75 Å². The van der Waals surface area contributed by atoms with Gasteiger partial charge in [-0.2, -0.15) is 0 Å². The first kappa shape index (κ1) is 11.8. The van der Waals surface area contributed by atoms with Gasteiger partial charge in [-0.05, 0) is 24.6 Å². The van der Waals surface area contributed by atoms with Crippen LogP contribution in [-0.4, -0.2) is 31.9 Å². The van der Waals surface area contributed by atoms with Crippen LogP contribution in [0.3, 0.4) is 0 Å². The number of benzene rings is 1. The third kappa shape index (κ3) is 3.42. The van der Waals surface area contributed by atoms with E-state index in [-0.39, 0.29) is 6.61 Å². The molecule has 0 spiro atoms. The molecule has 0 radical (unpaired) electrons. The first-order valence-electron chi connectivity index (χ1n) is 5.03. The van der Waals surface area contributed by atoms with E-state index >= 15 is 0 Å². The Kier molecular flexibility index (Phi) is 4.93. The fourth-order valence-corrected chi connectivity index (χ4v) is 1.42. The second kappa shape index (κ2) is 6.27. The minimum Gasteiger partial charge on any atom is -0.496 e. The average Bonchev–Trinajstić information content (AvgIpc) is 2.28. The monoisotopic (exact) mass is 210 g/mol. The quantitative estimate of drug-likeness (QED) is 0.643. The SMILES string of the molecule is COc1cc(NCCO)ccc1CCN. The largest absolute Gasteiger partial charge is 0.496 e. The lowest BCUT2D eigenvalue weighted by atomic mass is 10.1. The summed E-state index contributed by atoms with van der Waals surface area (Å²) in [5.41, 5.74) is 7.55. The first-order chi connectivity index (χ1) is 7.31. The van der Waals surface area contributed by atoms with Crippen LogP contribution in [0.4, 0.5) is 5.69 Å². The van der Waals surface area contributed by atoms with Gasteiger partial charge in [0.1, 0.15) is 5.75 Å². The highest BCUT2D eigenvalue weighted by Crippen LogP contribution is 2.23. The van der Waals surface area contributed by atoms with Crippen molar-refractivity contribution in [2.75, 3.05) is 32.1 Å². The second-order valence-electron chi connectivity index (χ2n) is 3.22. The normalized spacial score (nSPS) is 10.1. The molecule has 0 amide bonds. The van der Waals surface area contributed by atoms with Crippen molar-refractivity contribution >= 4 is 5.69 Å². The van der Waals surface area contributed by atoms with Crippen LogP contribution in [0.25, 0.3) is 0 Å². The Bertz CT molecular complexity index is 303. The van der Waals surface area contributed by atoms with Crippen molar-refractivity contribution in [3.8, 4) is 5.75 Å². The van der Waals surface area contributed by atoms with Gasteiger partial charge >= 0.3 is 0 Å². The molecule has 0 atom stereocenters. The molecule has 4 N–H and O–H groups in total. The van der Waals surface area contributed by atoms with Crippen molar-refractivity contribution in [2.24, 2.45) is 5.73 Å². The van der Waals surface area contributed by atoms with Crippen LogP contribution in [0, 0.1) is 0 Å². The van der Waals surface area contributed by atoms with Crippen molar-refractivity contribution in [3.05, 3.63) is 23.8 Å². The fraction of sp³-hybridized carbons (Fsp3) is 0.455. The van der Waals surface area contributed by atoms with Crippen molar-refractivity contribution in [3.63, 3.8) is 0 Å². The van der Waals surface area contributed by atoms with Crippen LogP contribution in [-0.2, 0) is 6.42 Å². The summed E-state index contributed by atoms with van der Waals surface area (Å²) in [4.78, 5) is 0. The zero-order valence-corrected chi connectivity index (χ0v) is 8.99. The maximum Gasteiger partial charge on any atom is 0.124 e. The Labute approximate surface area is 90.1 Å². The molecule has 4 heteroatoms. The molecule has 0 aliphatic carbocycles. The number of aliphatic hydroxyl groups excluding tert-OH is 1. The van der Waals surface area contributed by atoms with Crippen molar-refractivity contribution < 1.29 is 9.84 Å². The zero-order valence-electron chi connectivity index (χ0n) is 8.99. The number of ether oxygens (including phenoxy) is 1. The molecule has 0 aliphatic rings. The number of anilines is 1. The number of hydrogen-bond acceptors (Lipinski definition) is 4. The van der Waals surface area contributed by atoms with E-state index in [1.165, 1.54) is 0 Å². The van der Waals surface area contributed by atoms with Gasteiger partial charge in [0.25, 0.3) is 0 Å². The van der Waals surface area contributed by atoms with Gasteiger partial charge in [0, 0.05) is 18.3 Å². The van der Waals surface area contributed by atoms with Crippen molar-refractivity contribution in [1.82, 2.24) is 0 Å². The molecular weight excluding hydrogens is 192 g/mol. The summed E-state index contributed by atoms with van der Waals surface area (Å²) in [6, 6.07) is 5.87. The first-order valence-corrected chi connectivity index (χ1v) is 5.03. The summed E-state index contributed by atoms with van der Waals surface area (Å²) >= 11 is 0. The highest BCUT2D eigenvalue weighted by molar-refractivity contribution is 5.52. The van der Waals surface area contributed by atoms with E-state index in [0.717, 1.165) is 23.4 Å². The topological polar surface area (TPSA) is 67.5 Å². The summed E-state index contributed by atoms with van der Waals surface area (Å²) in [5, 5.41) is 11.8. The maximum atomic E-state index is 8.68. The number of nitrogens with one attached hydrogen (secondary N) is 1. The number of methoxy groups -OCH3 is 1. The average molecular weight is 210 g/mol. The molecule has 0 aromatic heterocycles. The smallest absolute Gasteiger partial charge is 0.124 e. The highest BCUT2D eigenvalue weighted by atomic mass is 16.5. The molecule has 1 aromatic rings. The van der Waals surface area contributed by atoms with Gasteiger partial charge in [0.05, 0.1) is 13.7 Å². The molecular formula is C11H18N2O2. The minimum atomic E-state index is 0.118. The molecule has 1 rings (SSSR count). The predicted molar refractivity (Wildman–Crippen MR) is 61.3 cm³/mol. The third-order valence-corrected chi connectivity index (χ3v) is 2.14. The van der Waals surface area contributed by atoms with Gasteiger partial charge in [0.15, 0.2) is 0 Å². The van der Waals surface area contributed by atoms with Crippen LogP contribution >= 0.6 is 0 Å². The van der Waals surface area contributed by atoms with Crippen molar-refractivity contribution in [2.45, 2.75) is 6.42 Å². The fourth-order valence-electron chi connectivity index (χ4n) is 1.42. The standard InChI is InChI=1S/C11H18N2O2/c1-15-11-8-10(13-6-7-14)3-2-9(11)4-5-12/h2-3,8,13-14H,4-7,12H2,1H3. The Balaban J connectivity index is 2.77. The van der Waals surface area contributed by atoms with Gasteiger partial charge in [-0.3, -0.25) is 0 Å². The lowest BCUT2D eigenvalue weighted by molar-refractivity contribution is 0.311. The van der Waals surface area contributed by atoms with Gasteiger partial charge < -0.3 is 20.9 Å². The Hall–Kier alpha value is -1.26. The molecule has 0 saturated heterocycles. The number of aliphatic hydroxyl groups is 1. The Morgan fingerprint density at radius 2 is 2.27 bits per heavy atom. The molecule has 4 nitrogen and oxygen atoms in total. The van der Waals surface area contributed by atoms with Gasteiger partial charge in [0.2, 0.25) is 0 Å². The molecule has 0 bridgehead atoms. The van der Waals surface area contributed by atoms with Gasteiger partial charge in [-0.1, -0.05) is 6.07 Å². The molecule has 0 aliphatic heterocycles. The molecule has 0 heterocycles. The molecule has 84 valence electrons. The van der Waals surface area contributed by atoms with E-state index in [1.54, 1.807) is 7.11 Å². The van der Waals surface area contributed by atoms with E-state index in [9.17, 15) is 0 Å². The molecule has 0 saturated carbocycles. The van der Waals surface area contributed by atoms with E-state index in [4.69, 9.17) is 15.6 Å². The summed E-state index contributed by atoms with van der Waals surface area (Å²) in [6.07, 6.45) is 0.809. The lowest BCUT2D eigenvalue weighted by Gasteiger charge is -2.11. The Morgan fingerprint density at radius 3 is 2.87 bits per heavy atom. The maximum absolute atomic E-state index is 8.68. The van der Waals surface area contributed by atoms with Crippen LogP contribution < -0.4 is 15.8 Å². The van der Waals surface area contributed by atoms with E-state index in [1.807, 2.05) is 18.2 Å². The Morgan fingerprint density at radius 1 is 1.47 bits per heavy atom. The number of nitrogens with two attached hydrogens (primary N) is 1. The van der Waals surface area contributed by atoms with Crippen LogP contribution in [0.15, 0.2) is 18.2 Å². The molecule has 15 heavy (non-hydrogen) atoms. The van der Waals surface area contributed by atoms with Gasteiger partial charge in [-0.15, -0.1) is 0 Å². The minimum absolute atomic E-state index is 0.118. The second-order valence-corrected chi connectivity index (χ2v) is 3.22. The lowest BCUT2D eigenvalue weighted by Crippen LogP contribution is -2.07. The summed E-state index contributed by atoms with van der Waals surface area (Å²) in [7, 11) is 1.64.